The summed E-state index contributed by atoms with van der Waals surface area (Å²) >= 11 is 3.17. The lowest BCUT2D eigenvalue weighted by atomic mass is 9.77. The van der Waals surface area contributed by atoms with Gasteiger partial charge in [0.15, 0.2) is 5.96 Å². The SMILES string of the molecule is CN1C(=O)[C@@]2(N=C1N)c1cc(Br)c(F)cc1O[C@H]1CCCO[C@@H]12. The number of nitrogens with two attached hydrogens (primary N) is 1. The van der Waals surface area contributed by atoms with Crippen LogP contribution in [0.4, 0.5) is 4.39 Å². The molecule has 0 aliphatic carbocycles. The van der Waals surface area contributed by atoms with Gasteiger partial charge in [-0.2, -0.15) is 0 Å². The van der Waals surface area contributed by atoms with Crippen molar-refractivity contribution >= 4 is 27.8 Å². The van der Waals surface area contributed by atoms with Crippen LogP contribution in [0.15, 0.2) is 21.6 Å². The van der Waals surface area contributed by atoms with Crippen LogP contribution in [0.25, 0.3) is 0 Å². The maximum Gasteiger partial charge on any atom is 0.264 e. The Balaban J connectivity index is 1.99. The first-order valence-electron chi connectivity index (χ1n) is 7.36. The first-order valence-corrected chi connectivity index (χ1v) is 8.15. The molecule has 122 valence electrons. The molecule has 0 aromatic heterocycles. The molecule has 6 nitrogen and oxygen atoms in total. The fraction of sp³-hybridized carbons (Fsp3) is 0.467. The summed E-state index contributed by atoms with van der Waals surface area (Å²) in [5.74, 6) is -0.298. The highest BCUT2D eigenvalue weighted by Gasteiger charge is 2.61. The van der Waals surface area contributed by atoms with E-state index in [0.29, 0.717) is 17.9 Å². The molecule has 0 bridgehead atoms. The number of amides is 1. The van der Waals surface area contributed by atoms with Crippen molar-refractivity contribution in [2.24, 2.45) is 10.7 Å². The zero-order valence-electron chi connectivity index (χ0n) is 12.4. The number of nitrogens with zero attached hydrogens (tertiary/aromatic N) is 2. The van der Waals surface area contributed by atoms with Gasteiger partial charge in [0.1, 0.15) is 23.8 Å². The lowest BCUT2D eigenvalue weighted by Gasteiger charge is -2.45. The highest BCUT2D eigenvalue weighted by Crippen LogP contribution is 2.50. The molecule has 0 unspecified atom stereocenters. The van der Waals surface area contributed by atoms with Gasteiger partial charge >= 0.3 is 0 Å². The molecule has 4 rings (SSSR count). The van der Waals surface area contributed by atoms with Crippen LogP contribution in [0, 0.1) is 5.82 Å². The van der Waals surface area contributed by atoms with Crippen molar-refractivity contribution in [1.29, 1.82) is 0 Å². The van der Waals surface area contributed by atoms with Gasteiger partial charge in [-0.3, -0.25) is 9.69 Å². The van der Waals surface area contributed by atoms with Crippen LogP contribution in [0.2, 0.25) is 0 Å². The molecule has 1 saturated heterocycles. The zero-order chi connectivity index (χ0) is 16.4. The first-order chi connectivity index (χ1) is 10.9. The third-order valence-corrected chi connectivity index (χ3v) is 5.26. The monoisotopic (exact) mass is 383 g/mol. The van der Waals surface area contributed by atoms with E-state index in [-0.39, 0.29) is 22.4 Å². The second kappa shape index (κ2) is 4.91. The second-order valence-electron chi connectivity index (χ2n) is 5.95. The number of likely N-dealkylation sites (N-methyl/N-ethyl adjacent to an activating group) is 1. The van der Waals surface area contributed by atoms with Crippen molar-refractivity contribution in [3.05, 3.63) is 28.0 Å². The summed E-state index contributed by atoms with van der Waals surface area (Å²) in [6.07, 6.45) is 0.603. The fourth-order valence-corrected chi connectivity index (χ4v) is 3.87. The molecular formula is C15H15BrFN3O3. The number of carbonyl (C=O) groups is 1. The van der Waals surface area contributed by atoms with Crippen LogP contribution in [0.5, 0.6) is 5.75 Å². The van der Waals surface area contributed by atoms with E-state index >= 15 is 0 Å². The number of benzene rings is 1. The summed E-state index contributed by atoms with van der Waals surface area (Å²) in [5, 5.41) is 0. The van der Waals surface area contributed by atoms with E-state index in [1.165, 1.54) is 17.0 Å². The van der Waals surface area contributed by atoms with Crippen molar-refractivity contribution in [1.82, 2.24) is 4.90 Å². The second-order valence-corrected chi connectivity index (χ2v) is 6.81. The predicted molar refractivity (Wildman–Crippen MR) is 83.6 cm³/mol. The topological polar surface area (TPSA) is 77.2 Å². The van der Waals surface area contributed by atoms with Gasteiger partial charge in [-0.15, -0.1) is 0 Å². The molecule has 3 aliphatic heterocycles. The number of carbonyl (C=O) groups excluding carboxylic acids is 1. The van der Waals surface area contributed by atoms with Gasteiger partial charge in [0.2, 0.25) is 5.54 Å². The molecule has 3 aliphatic rings. The van der Waals surface area contributed by atoms with Crippen LogP contribution >= 0.6 is 15.9 Å². The van der Waals surface area contributed by atoms with Crippen molar-refractivity contribution in [2.45, 2.75) is 30.6 Å². The van der Waals surface area contributed by atoms with Gasteiger partial charge in [-0.1, -0.05) is 0 Å². The average molecular weight is 384 g/mol. The van der Waals surface area contributed by atoms with Crippen LogP contribution in [0.3, 0.4) is 0 Å². The quantitative estimate of drug-likeness (QED) is 0.736. The van der Waals surface area contributed by atoms with Crippen molar-refractivity contribution in [3.8, 4) is 5.75 Å². The summed E-state index contributed by atoms with van der Waals surface area (Å²) in [6, 6.07) is 2.82. The van der Waals surface area contributed by atoms with Gasteiger partial charge in [0, 0.05) is 25.3 Å². The van der Waals surface area contributed by atoms with Crippen molar-refractivity contribution in [3.63, 3.8) is 0 Å². The van der Waals surface area contributed by atoms with Gasteiger partial charge < -0.3 is 15.2 Å². The highest BCUT2D eigenvalue weighted by atomic mass is 79.9. The smallest absolute Gasteiger partial charge is 0.264 e. The Morgan fingerprint density at radius 1 is 1.52 bits per heavy atom. The van der Waals surface area contributed by atoms with Crippen molar-refractivity contribution < 1.29 is 18.7 Å². The molecular weight excluding hydrogens is 369 g/mol. The first kappa shape index (κ1) is 14.9. The minimum atomic E-state index is -1.31. The van der Waals surface area contributed by atoms with Crippen LogP contribution in [0.1, 0.15) is 18.4 Å². The summed E-state index contributed by atoms with van der Waals surface area (Å²) in [6.45, 7) is 0.524. The molecule has 8 heteroatoms. The van der Waals surface area contributed by atoms with E-state index < -0.39 is 17.5 Å². The van der Waals surface area contributed by atoms with E-state index in [4.69, 9.17) is 15.2 Å². The van der Waals surface area contributed by atoms with E-state index in [2.05, 4.69) is 20.9 Å². The van der Waals surface area contributed by atoms with Crippen LogP contribution in [-0.2, 0) is 15.1 Å². The number of fused-ring (bicyclic) bond motifs is 4. The lowest BCUT2D eigenvalue weighted by molar-refractivity contribution is -0.151. The Bertz CT molecular complexity index is 741. The molecule has 1 aromatic rings. The zero-order valence-corrected chi connectivity index (χ0v) is 14.0. The summed E-state index contributed by atoms with van der Waals surface area (Å²) in [7, 11) is 1.57. The normalized spacial score (nSPS) is 32.4. The third-order valence-electron chi connectivity index (χ3n) is 4.66. The largest absolute Gasteiger partial charge is 0.487 e. The van der Waals surface area contributed by atoms with Crippen LogP contribution in [-0.4, -0.2) is 42.6 Å². The van der Waals surface area contributed by atoms with Crippen LogP contribution < -0.4 is 10.5 Å². The van der Waals surface area contributed by atoms with Gasteiger partial charge in [0.05, 0.1) is 4.47 Å². The number of hydrogen-bond donors (Lipinski definition) is 1. The van der Waals surface area contributed by atoms with E-state index in [0.717, 1.165) is 12.8 Å². The molecule has 3 atom stereocenters. The van der Waals surface area contributed by atoms with Gasteiger partial charge in [0.25, 0.3) is 5.91 Å². The third kappa shape index (κ3) is 1.88. The number of hydrogen-bond acceptors (Lipinski definition) is 5. The Labute approximate surface area is 140 Å². The molecule has 1 fully saturated rings. The lowest BCUT2D eigenvalue weighted by Crippen LogP contribution is -2.59. The minimum absolute atomic E-state index is 0.122. The Hall–Kier alpha value is -1.67. The molecule has 1 amide bonds. The number of halogens is 2. The van der Waals surface area contributed by atoms with E-state index in [1.807, 2.05) is 0 Å². The maximum atomic E-state index is 13.9. The minimum Gasteiger partial charge on any atom is -0.487 e. The van der Waals surface area contributed by atoms with Gasteiger partial charge in [-0.05, 0) is 34.8 Å². The fourth-order valence-electron chi connectivity index (χ4n) is 3.53. The number of guanidine groups is 1. The molecule has 3 heterocycles. The standard InChI is InChI=1S/C15H15BrFN3O3/c1-20-13(21)15(19-14(20)18)7-5-8(16)9(17)6-11(7)23-10-3-2-4-22-12(10)15/h5-6,10,12H,2-4H2,1H3,(H2,18,19)/t10-,12-,15+/m0/s1. The highest BCUT2D eigenvalue weighted by molar-refractivity contribution is 9.10. The molecule has 23 heavy (non-hydrogen) atoms. The Morgan fingerprint density at radius 3 is 3.00 bits per heavy atom. The molecule has 1 aromatic carbocycles. The Kier molecular flexibility index (Phi) is 3.18. The predicted octanol–water partition coefficient (Wildman–Crippen LogP) is 1.51. The van der Waals surface area contributed by atoms with Gasteiger partial charge in [-0.25, -0.2) is 9.38 Å². The van der Waals surface area contributed by atoms with E-state index in [9.17, 15) is 9.18 Å². The molecule has 0 radical (unpaired) electrons. The summed E-state index contributed by atoms with van der Waals surface area (Å²) in [4.78, 5) is 18.8. The van der Waals surface area contributed by atoms with Crippen molar-refractivity contribution in [2.75, 3.05) is 13.7 Å². The average Bonchev–Trinajstić information content (AvgIpc) is 2.75. The number of aliphatic imine (C=N–C) groups is 1. The number of ether oxygens (including phenoxy) is 2. The van der Waals surface area contributed by atoms with E-state index in [1.54, 1.807) is 7.05 Å². The molecule has 2 N–H and O–H groups in total. The molecule has 0 saturated carbocycles. The Morgan fingerprint density at radius 2 is 2.30 bits per heavy atom. The number of rotatable bonds is 0. The summed E-state index contributed by atoms with van der Waals surface area (Å²) in [5.41, 5.74) is 5.06. The maximum absolute atomic E-state index is 13.9. The summed E-state index contributed by atoms with van der Waals surface area (Å²) < 4.78 is 26.0. The molecule has 1 spiro atoms.